The summed E-state index contributed by atoms with van der Waals surface area (Å²) < 4.78 is 1.41. The molecule has 4 heteroatoms. The van der Waals surface area contributed by atoms with Crippen LogP contribution < -0.4 is 0 Å². The normalized spacial score (nSPS) is 15.5. The molecule has 0 radical (unpaired) electrons. The van der Waals surface area contributed by atoms with Crippen LogP contribution in [0.25, 0.3) is 0 Å². The first-order chi connectivity index (χ1) is 5.95. The van der Waals surface area contributed by atoms with Gasteiger partial charge in [0.05, 0.1) is 0 Å². The summed E-state index contributed by atoms with van der Waals surface area (Å²) in [4.78, 5) is 0. The Hall–Kier alpha value is 1.12. The van der Waals surface area contributed by atoms with E-state index in [4.69, 9.17) is 0 Å². The van der Waals surface area contributed by atoms with E-state index >= 15 is 0 Å². The number of aliphatic hydroxyl groups is 1. The fraction of sp³-hybridized carbons (Fsp3) is 0.333. The minimum absolute atomic E-state index is 0.656. The third-order valence-corrected chi connectivity index (χ3v) is 4.04. The van der Waals surface area contributed by atoms with Gasteiger partial charge in [0.1, 0.15) is 4.51 Å². The molecule has 1 N–H and O–H groups in total. The summed E-state index contributed by atoms with van der Waals surface area (Å²) >= 11 is 7.81. The van der Waals surface area contributed by atoms with Crippen LogP contribution in [0.4, 0.5) is 0 Å². The van der Waals surface area contributed by atoms with Crippen molar-refractivity contribution in [2.75, 3.05) is 0 Å². The van der Waals surface area contributed by atoms with Crippen LogP contribution in [0.3, 0.4) is 0 Å². The standard InChI is InChI=1S/C9H9BrI2O/c1-2-9(10,13)6-3-7(11)5-8(12)4-6/h3-5,13H,2H2,1H3. The third-order valence-electron chi connectivity index (χ3n) is 1.77. The minimum Gasteiger partial charge on any atom is -0.375 e. The van der Waals surface area contributed by atoms with E-state index in [1.807, 2.05) is 19.1 Å². The zero-order valence-corrected chi connectivity index (χ0v) is 12.9. The molecular weight excluding hydrogens is 458 g/mol. The molecule has 1 atom stereocenters. The van der Waals surface area contributed by atoms with Gasteiger partial charge in [-0.2, -0.15) is 0 Å². The van der Waals surface area contributed by atoms with Crippen LogP contribution in [0.15, 0.2) is 18.2 Å². The third kappa shape index (κ3) is 3.32. The van der Waals surface area contributed by atoms with Gasteiger partial charge in [-0.3, -0.25) is 0 Å². The van der Waals surface area contributed by atoms with Gasteiger partial charge < -0.3 is 5.11 Å². The van der Waals surface area contributed by atoms with E-state index in [9.17, 15) is 5.11 Å². The summed E-state index contributed by atoms with van der Waals surface area (Å²) in [7, 11) is 0. The van der Waals surface area contributed by atoms with E-state index in [-0.39, 0.29) is 0 Å². The number of alkyl halides is 1. The first-order valence-electron chi connectivity index (χ1n) is 3.83. The van der Waals surface area contributed by atoms with Gasteiger partial charge in [-0.1, -0.05) is 6.92 Å². The molecule has 0 aliphatic heterocycles. The van der Waals surface area contributed by atoms with Crippen molar-refractivity contribution < 1.29 is 5.11 Å². The molecule has 1 unspecified atom stereocenters. The molecular formula is C9H9BrI2O. The van der Waals surface area contributed by atoms with Crippen molar-refractivity contribution in [3.63, 3.8) is 0 Å². The smallest absolute Gasteiger partial charge is 0.144 e. The zero-order valence-electron chi connectivity index (χ0n) is 7.02. The molecule has 0 aliphatic rings. The Morgan fingerprint density at radius 2 is 1.77 bits per heavy atom. The molecule has 1 nitrogen and oxygen atoms in total. The summed E-state index contributed by atoms with van der Waals surface area (Å²) in [5.74, 6) is 0. The van der Waals surface area contributed by atoms with Gasteiger partial charge in [-0.25, -0.2) is 0 Å². The van der Waals surface area contributed by atoms with Gasteiger partial charge in [0, 0.05) is 7.14 Å². The van der Waals surface area contributed by atoms with E-state index in [2.05, 4.69) is 67.2 Å². The molecule has 0 fully saturated rings. The molecule has 0 spiro atoms. The van der Waals surface area contributed by atoms with Gasteiger partial charge >= 0.3 is 0 Å². The van der Waals surface area contributed by atoms with Crippen molar-refractivity contribution in [3.8, 4) is 0 Å². The van der Waals surface area contributed by atoms with E-state index in [1.54, 1.807) is 0 Å². The lowest BCUT2D eigenvalue weighted by atomic mass is 10.1. The Balaban J connectivity index is 3.15. The molecule has 1 aromatic rings. The van der Waals surface area contributed by atoms with Crippen LogP contribution in [0.5, 0.6) is 0 Å². The number of hydrogen-bond acceptors (Lipinski definition) is 1. The lowest BCUT2D eigenvalue weighted by Crippen LogP contribution is -2.15. The summed E-state index contributed by atoms with van der Waals surface area (Å²) in [6.45, 7) is 1.95. The van der Waals surface area contributed by atoms with Crippen LogP contribution >= 0.6 is 61.1 Å². The molecule has 1 aromatic carbocycles. The van der Waals surface area contributed by atoms with Crippen LogP contribution in [0, 0.1) is 7.14 Å². The molecule has 0 aromatic heterocycles. The lowest BCUT2D eigenvalue weighted by molar-refractivity contribution is 0.141. The van der Waals surface area contributed by atoms with Crippen molar-refractivity contribution in [2.45, 2.75) is 17.9 Å². The van der Waals surface area contributed by atoms with Gasteiger partial charge in [-0.05, 0) is 91.3 Å². The highest BCUT2D eigenvalue weighted by atomic mass is 127. The monoisotopic (exact) mass is 466 g/mol. The second-order valence-electron chi connectivity index (χ2n) is 2.77. The van der Waals surface area contributed by atoms with Gasteiger partial charge in [-0.15, -0.1) is 0 Å². The summed E-state index contributed by atoms with van der Waals surface area (Å²) in [6, 6.07) is 6.05. The predicted molar refractivity (Wildman–Crippen MR) is 75.0 cm³/mol. The van der Waals surface area contributed by atoms with E-state index < -0.39 is 4.51 Å². The maximum absolute atomic E-state index is 9.95. The first kappa shape index (κ1) is 12.2. The van der Waals surface area contributed by atoms with E-state index in [0.717, 1.165) is 12.7 Å². The highest BCUT2D eigenvalue weighted by molar-refractivity contribution is 14.1. The Morgan fingerprint density at radius 3 is 2.15 bits per heavy atom. The number of rotatable bonds is 2. The predicted octanol–water partition coefficient (Wildman–Crippen LogP) is 3.85. The van der Waals surface area contributed by atoms with Crippen LogP contribution in [0.2, 0.25) is 0 Å². The van der Waals surface area contributed by atoms with Crippen molar-refractivity contribution in [1.29, 1.82) is 0 Å². The van der Waals surface area contributed by atoms with Gasteiger partial charge in [0.25, 0.3) is 0 Å². The highest BCUT2D eigenvalue weighted by Gasteiger charge is 2.23. The second kappa shape index (κ2) is 4.76. The summed E-state index contributed by atoms with van der Waals surface area (Å²) in [5.41, 5.74) is 0.923. The Morgan fingerprint density at radius 1 is 1.31 bits per heavy atom. The van der Waals surface area contributed by atoms with Crippen molar-refractivity contribution in [2.24, 2.45) is 0 Å². The summed E-state index contributed by atoms with van der Waals surface area (Å²) in [5, 5.41) is 9.95. The maximum atomic E-state index is 9.95. The minimum atomic E-state index is -0.881. The van der Waals surface area contributed by atoms with E-state index in [0.29, 0.717) is 6.42 Å². The van der Waals surface area contributed by atoms with Crippen LogP contribution in [0.1, 0.15) is 18.9 Å². The van der Waals surface area contributed by atoms with Crippen molar-refractivity contribution >= 4 is 61.1 Å². The lowest BCUT2D eigenvalue weighted by Gasteiger charge is -2.20. The zero-order chi connectivity index (χ0) is 10.1. The fourth-order valence-corrected chi connectivity index (χ4v) is 3.15. The molecule has 13 heavy (non-hydrogen) atoms. The van der Waals surface area contributed by atoms with Gasteiger partial charge in [0.15, 0.2) is 0 Å². The molecule has 0 saturated heterocycles. The Kier molecular flexibility index (Phi) is 4.46. The number of hydrogen-bond donors (Lipinski definition) is 1. The number of benzene rings is 1. The largest absolute Gasteiger partial charge is 0.375 e. The van der Waals surface area contributed by atoms with Crippen molar-refractivity contribution in [1.82, 2.24) is 0 Å². The van der Waals surface area contributed by atoms with Crippen LogP contribution in [-0.4, -0.2) is 5.11 Å². The average molecular weight is 467 g/mol. The molecule has 0 heterocycles. The molecule has 0 amide bonds. The Labute approximate surface area is 114 Å². The van der Waals surface area contributed by atoms with E-state index in [1.165, 1.54) is 0 Å². The maximum Gasteiger partial charge on any atom is 0.144 e. The second-order valence-corrected chi connectivity index (χ2v) is 6.57. The van der Waals surface area contributed by atoms with Crippen molar-refractivity contribution in [3.05, 3.63) is 30.9 Å². The van der Waals surface area contributed by atoms with Gasteiger partial charge in [0.2, 0.25) is 0 Å². The topological polar surface area (TPSA) is 20.2 Å². The quantitative estimate of drug-likeness (QED) is 0.518. The Bertz CT molecular complexity index is 292. The molecule has 0 bridgehead atoms. The molecule has 1 rings (SSSR count). The first-order valence-corrected chi connectivity index (χ1v) is 6.78. The molecule has 0 aliphatic carbocycles. The molecule has 72 valence electrons. The van der Waals surface area contributed by atoms with Crippen LogP contribution in [-0.2, 0) is 4.51 Å². The average Bonchev–Trinajstić information content (AvgIpc) is 2.02. The SMILES string of the molecule is CCC(O)(Br)c1cc(I)cc(I)c1. The number of halogens is 3. The highest BCUT2D eigenvalue weighted by Crippen LogP contribution is 2.33. The summed E-state index contributed by atoms with van der Waals surface area (Å²) in [6.07, 6.45) is 0.656. The molecule has 0 saturated carbocycles. The fourth-order valence-electron chi connectivity index (χ4n) is 0.979.